The number of carbonyl (C=O) groups excluding carboxylic acids is 3. The number of esters is 1. The first-order valence-electron chi connectivity index (χ1n) is 24.5. The lowest BCUT2D eigenvalue weighted by molar-refractivity contribution is -0.163. The Bertz CT molecular complexity index is 1660. The SMILES string of the molecule is CCCCC(CC)COP(=O)(OCC(CC)CCCC)Oc1ccc2c(c1)CCC1C2CCC2(C)C(OC(=O)COCCOCCNC(=O)OC3CCC(N)C(O)C3C(N)=O)CCC12. The summed E-state index contributed by atoms with van der Waals surface area (Å²) in [6.45, 7) is 12.2. The van der Waals surface area contributed by atoms with Gasteiger partial charge in [0, 0.05) is 18.0 Å². The zero-order chi connectivity index (χ0) is 46.3. The third-order valence-electron chi connectivity index (χ3n) is 14.8. The molecular weight excluding hydrogens is 842 g/mol. The van der Waals surface area contributed by atoms with Gasteiger partial charge in [0.15, 0.2) is 0 Å². The molecule has 3 fully saturated rings. The lowest BCUT2D eigenvalue weighted by Gasteiger charge is -2.50. The summed E-state index contributed by atoms with van der Waals surface area (Å²) in [5, 5.41) is 12.8. The molecule has 0 bridgehead atoms. The standard InChI is InChI=1S/C48H80N3O12P/c1-6-10-12-32(8-3)29-59-64(56,60-30-33(9-4)13-11-7-2)63-35-15-17-36-34(28-35)14-16-38-37(36)22-23-48(5)39(38)18-21-42(48)62-43(52)31-58-27-26-57-25-24-51-47(55)61-41-20-19-40(49)45(53)44(41)46(50)54/h15,17,28,32-33,37-42,44-45,53H,6-14,16,18-27,29-31,49H2,1-5H3,(H2,50,54)(H,51,55). The van der Waals surface area contributed by atoms with E-state index in [1.54, 1.807) is 0 Å². The van der Waals surface area contributed by atoms with Crippen molar-refractivity contribution in [1.82, 2.24) is 5.32 Å². The van der Waals surface area contributed by atoms with Crippen LogP contribution in [0, 0.1) is 35.0 Å². The van der Waals surface area contributed by atoms with E-state index in [0.29, 0.717) is 61.4 Å². The number of primary amides is 1. The smallest absolute Gasteiger partial charge is 0.460 e. The largest absolute Gasteiger partial charge is 0.530 e. The second-order valence-electron chi connectivity index (χ2n) is 19.0. The molecule has 5 rings (SSSR count). The third kappa shape index (κ3) is 14.1. The summed E-state index contributed by atoms with van der Waals surface area (Å²) in [4.78, 5) is 37.1. The van der Waals surface area contributed by atoms with Gasteiger partial charge >= 0.3 is 19.9 Å². The molecule has 2 amide bonds. The normalized spacial score (nSPS) is 29.3. The van der Waals surface area contributed by atoms with Gasteiger partial charge in [-0.3, -0.25) is 13.8 Å². The molecule has 1 aromatic carbocycles. The summed E-state index contributed by atoms with van der Waals surface area (Å²) in [6.07, 6.45) is 11.9. The highest BCUT2D eigenvalue weighted by Gasteiger charge is 2.56. The minimum Gasteiger partial charge on any atom is -0.460 e. The molecule has 364 valence electrons. The van der Waals surface area contributed by atoms with Gasteiger partial charge in [-0.05, 0) is 117 Å². The fourth-order valence-electron chi connectivity index (χ4n) is 10.8. The number of ether oxygens (including phenoxy) is 4. The highest BCUT2D eigenvalue weighted by atomic mass is 31.2. The molecule has 0 aromatic heterocycles. The van der Waals surface area contributed by atoms with Crippen LogP contribution in [0.25, 0.3) is 0 Å². The number of nitrogens with two attached hydrogens (primary N) is 2. The van der Waals surface area contributed by atoms with Gasteiger partial charge in [0.2, 0.25) is 5.91 Å². The second-order valence-corrected chi connectivity index (χ2v) is 20.6. The van der Waals surface area contributed by atoms with E-state index in [1.807, 2.05) is 6.07 Å². The molecule has 3 saturated carbocycles. The maximum absolute atomic E-state index is 14.3. The number of benzene rings is 1. The lowest BCUT2D eigenvalue weighted by Crippen LogP contribution is -2.55. The summed E-state index contributed by atoms with van der Waals surface area (Å²) >= 11 is 0. The number of aliphatic hydroxyl groups is 1. The predicted octanol–water partition coefficient (Wildman–Crippen LogP) is 8.12. The number of unbranched alkanes of at least 4 members (excludes halogenated alkanes) is 2. The van der Waals surface area contributed by atoms with Crippen LogP contribution >= 0.6 is 7.82 Å². The van der Waals surface area contributed by atoms with Gasteiger partial charge in [-0.15, -0.1) is 0 Å². The molecule has 11 unspecified atom stereocenters. The Kier molecular flexibility index (Phi) is 20.7. The van der Waals surface area contributed by atoms with Gasteiger partial charge in [0.25, 0.3) is 0 Å². The van der Waals surface area contributed by atoms with Gasteiger partial charge in [-0.1, -0.05) is 79.2 Å². The molecule has 0 radical (unpaired) electrons. The number of hydrogen-bond acceptors (Lipinski definition) is 13. The number of rotatable bonds is 27. The highest BCUT2D eigenvalue weighted by molar-refractivity contribution is 7.48. The van der Waals surface area contributed by atoms with Crippen LogP contribution in [0.15, 0.2) is 18.2 Å². The maximum atomic E-state index is 14.3. The minimum absolute atomic E-state index is 0.110. The van der Waals surface area contributed by atoms with Crippen molar-refractivity contribution in [3.8, 4) is 5.75 Å². The van der Waals surface area contributed by atoms with E-state index in [1.165, 1.54) is 11.1 Å². The Labute approximate surface area is 382 Å². The van der Waals surface area contributed by atoms with E-state index >= 15 is 0 Å². The van der Waals surface area contributed by atoms with E-state index in [9.17, 15) is 24.1 Å². The van der Waals surface area contributed by atoms with Crippen LogP contribution in [0.3, 0.4) is 0 Å². The molecule has 4 aliphatic carbocycles. The van der Waals surface area contributed by atoms with Crippen molar-refractivity contribution in [3.05, 3.63) is 29.3 Å². The van der Waals surface area contributed by atoms with Crippen LogP contribution < -0.4 is 21.3 Å². The number of phosphoric ester groups is 1. The summed E-state index contributed by atoms with van der Waals surface area (Å²) in [5.74, 6) is 0.239. The topological polar surface area (TPSA) is 217 Å². The Balaban J connectivity index is 1.05. The van der Waals surface area contributed by atoms with Gasteiger partial charge in [-0.2, -0.15) is 0 Å². The molecule has 0 spiro atoms. The molecule has 11 atom stereocenters. The van der Waals surface area contributed by atoms with Crippen LogP contribution in [-0.2, 0) is 48.6 Å². The molecule has 1 aromatic rings. The fourth-order valence-corrected chi connectivity index (χ4v) is 12.2. The fraction of sp³-hybridized carbons (Fsp3) is 0.812. The minimum atomic E-state index is -3.87. The molecule has 0 aliphatic heterocycles. The Hall–Kier alpha value is -2.78. The zero-order valence-electron chi connectivity index (χ0n) is 39.3. The van der Waals surface area contributed by atoms with Crippen LogP contribution in [-0.4, -0.2) is 93.6 Å². The number of carbonyl (C=O) groups is 3. The van der Waals surface area contributed by atoms with E-state index in [2.05, 4.69) is 52.1 Å². The summed E-state index contributed by atoms with van der Waals surface area (Å²) in [6, 6.07) is 5.57. The number of amides is 2. The molecule has 15 nitrogen and oxygen atoms in total. The second kappa shape index (κ2) is 25.4. The van der Waals surface area contributed by atoms with Crippen molar-refractivity contribution >= 4 is 25.8 Å². The van der Waals surface area contributed by atoms with Crippen molar-refractivity contribution < 1.29 is 56.6 Å². The average molecular weight is 922 g/mol. The third-order valence-corrected chi connectivity index (χ3v) is 16.2. The van der Waals surface area contributed by atoms with Gasteiger partial charge in [0.05, 0.1) is 39.1 Å². The number of fused-ring (bicyclic) bond motifs is 5. The van der Waals surface area contributed by atoms with Crippen LogP contribution in [0.2, 0.25) is 0 Å². The molecule has 6 N–H and O–H groups in total. The zero-order valence-corrected chi connectivity index (χ0v) is 40.2. The monoisotopic (exact) mass is 922 g/mol. The van der Waals surface area contributed by atoms with Crippen LogP contribution in [0.4, 0.5) is 4.79 Å². The molecular formula is C48H80N3O12P. The van der Waals surface area contributed by atoms with Crippen molar-refractivity contribution in [3.63, 3.8) is 0 Å². The average Bonchev–Trinajstić information content (AvgIpc) is 3.60. The lowest BCUT2D eigenvalue weighted by atomic mass is 9.55. The maximum Gasteiger partial charge on any atom is 0.530 e. The highest BCUT2D eigenvalue weighted by Crippen LogP contribution is 2.62. The number of phosphoric acid groups is 1. The molecule has 0 heterocycles. The van der Waals surface area contributed by atoms with Crippen molar-refractivity contribution in [2.45, 2.75) is 168 Å². The van der Waals surface area contributed by atoms with Crippen molar-refractivity contribution in [2.24, 2.45) is 46.5 Å². The number of alkyl carbamates (subject to hydrolysis) is 1. The first-order valence-corrected chi connectivity index (χ1v) is 26.0. The summed E-state index contributed by atoms with van der Waals surface area (Å²) in [5.41, 5.74) is 13.7. The van der Waals surface area contributed by atoms with E-state index in [0.717, 1.165) is 89.9 Å². The van der Waals surface area contributed by atoms with Gasteiger partial charge < -0.3 is 45.4 Å². The van der Waals surface area contributed by atoms with Gasteiger partial charge in [-0.25, -0.2) is 14.2 Å². The van der Waals surface area contributed by atoms with E-state index < -0.39 is 44.0 Å². The number of aryl methyl sites for hydroxylation is 1. The first kappa shape index (κ1) is 52.2. The summed E-state index contributed by atoms with van der Waals surface area (Å²) < 4.78 is 55.3. The molecule has 64 heavy (non-hydrogen) atoms. The Morgan fingerprint density at radius 3 is 2.23 bits per heavy atom. The number of aliphatic hydroxyl groups excluding tert-OH is 1. The molecule has 0 saturated heterocycles. The van der Waals surface area contributed by atoms with Crippen molar-refractivity contribution in [2.75, 3.05) is 46.2 Å². The van der Waals surface area contributed by atoms with Crippen LogP contribution in [0.5, 0.6) is 5.75 Å². The first-order chi connectivity index (χ1) is 30.7. The number of hydrogen-bond donors (Lipinski definition) is 4. The Morgan fingerprint density at radius 2 is 1.58 bits per heavy atom. The van der Waals surface area contributed by atoms with E-state index in [4.69, 9.17) is 44.0 Å². The molecule has 16 heteroatoms. The quantitative estimate of drug-likeness (QED) is 0.0373. The summed E-state index contributed by atoms with van der Waals surface area (Å²) in [7, 11) is -3.87. The Morgan fingerprint density at radius 1 is 0.891 bits per heavy atom. The van der Waals surface area contributed by atoms with Crippen LogP contribution in [0.1, 0.15) is 148 Å². The van der Waals surface area contributed by atoms with Crippen molar-refractivity contribution in [1.29, 1.82) is 0 Å². The molecule has 4 aliphatic rings. The van der Waals surface area contributed by atoms with E-state index in [-0.39, 0.29) is 50.5 Å². The number of nitrogens with one attached hydrogen (secondary N) is 1. The predicted molar refractivity (Wildman–Crippen MR) is 243 cm³/mol. The van der Waals surface area contributed by atoms with Gasteiger partial charge in [0.1, 0.15) is 30.5 Å².